The van der Waals surface area contributed by atoms with Crippen LogP contribution in [0.1, 0.15) is 12.5 Å². The predicted molar refractivity (Wildman–Crippen MR) is 97.1 cm³/mol. The zero-order chi connectivity index (χ0) is 17.8. The van der Waals surface area contributed by atoms with Crippen LogP contribution in [-0.4, -0.2) is 46.6 Å². The molecule has 1 amide bonds. The summed E-state index contributed by atoms with van der Waals surface area (Å²) < 4.78 is 0. The second-order valence-corrected chi connectivity index (χ2v) is 5.21. The number of nitrogens with two attached hydrogens (primary N) is 1. The number of aliphatic carboxylic acids is 1. The first kappa shape index (κ1) is 24.9. The van der Waals surface area contributed by atoms with E-state index in [-0.39, 0.29) is 30.0 Å². The SMILES string of the molecule is CC(NC(=O)C(N)Cc1ccccc1)C(=O)O.Cl.O=C(CCl)CCl. The Morgan fingerprint density at radius 2 is 1.67 bits per heavy atom. The topological polar surface area (TPSA) is 109 Å². The average Bonchev–Trinajstić information content (AvgIpc) is 2.55. The molecule has 0 fully saturated rings. The molecule has 0 radical (unpaired) electrons. The fourth-order valence-corrected chi connectivity index (χ4v) is 1.66. The summed E-state index contributed by atoms with van der Waals surface area (Å²) in [6, 6.07) is 7.67. The highest BCUT2D eigenvalue weighted by atomic mass is 35.5. The van der Waals surface area contributed by atoms with Crippen LogP contribution in [0.15, 0.2) is 30.3 Å². The Morgan fingerprint density at radius 1 is 1.17 bits per heavy atom. The number of alkyl halides is 2. The third-order valence-corrected chi connectivity index (χ3v) is 3.26. The summed E-state index contributed by atoms with van der Waals surface area (Å²) in [6.45, 7) is 1.40. The van der Waals surface area contributed by atoms with Crippen molar-refractivity contribution in [3.63, 3.8) is 0 Å². The number of Topliss-reactive ketones (excluding diaryl/α,β-unsaturated/α-hetero) is 1. The van der Waals surface area contributed by atoms with Crippen LogP contribution in [0.2, 0.25) is 0 Å². The third kappa shape index (κ3) is 11.2. The van der Waals surface area contributed by atoms with Crippen LogP contribution in [0.25, 0.3) is 0 Å². The molecule has 6 nitrogen and oxygen atoms in total. The maximum Gasteiger partial charge on any atom is 0.325 e. The van der Waals surface area contributed by atoms with Crippen LogP contribution >= 0.6 is 35.6 Å². The molecule has 0 heterocycles. The van der Waals surface area contributed by atoms with Gasteiger partial charge in [-0.2, -0.15) is 0 Å². The fourth-order valence-electron chi connectivity index (χ4n) is 1.38. The van der Waals surface area contributed by atoms with Crippen molar-refractivity contribution in [2.45, 2.75) is 25.4 Å². The fraction of sp³-hybridized carbons (Fsp3) is 0.400. The van der Waals surface area contributed by atoms with Crippen LogP contribution in [0.3, 0.4) is 0 Å². The average molecular weight is 400 g/mol. The standard InChI is InChI=1S/C12H16N2O3.C3H4Cl2O.ClH/c1-8(12(16)17)14-11(15)10(13)7-9-5-3-2-4-6-9;4-1-3(6)2-5;/h2-6,8,10H,7,13H2,1H3,(H,14,15)(H,16,17);1-2H2;1H. The van der Waals surface area contributed by atoms with E-state index < -0.39 is 24.0 Å². The summed E-state index contributed by atoms with van der Waals surface area (Å²) in [5.74, 6) is -1.60. The molecule has 0 aromatic heterocycles. The number of carboxylic acid groups (broad SMARTS) is 1. The first-order chi connectivity index (χ1) is 10.8. The zero-order valence-electron chi connectivity index (χ0n) is 13.1. The molecule has 0 aliphatic carbocycles. The Bertz CT molecular complexity index is 509. The minimum atomic E-state index is -1.08. The Kier molecular flexibility index (Phi) is 14.6. The van der Waals surface area contributed by atoms with Crippen molar-refractivity contribution in [2.75, 3.05) is 11.8 Å². The summed E-state index contributed by atoms with van der Waals surface area (Å²) >= 11 is 10.0. The molecule has 9 heteroatoms. The molecule has 1 rings (SSSR count). The van der Waals surface area contributed by atoms with Crippen LogP contribution in [0.4, 0.5) is 0 Å². The van der Waals surface area contributed by atoms with Crippen molar-refractivity contribution < 1.29 is 19.5 Å². The number of carbonyl (C=O) groups is 3. The second kappa shape index (κ2) is 14.0. The number of halogens is 3. The van der Waals surface area contributed by atoms with Gasteiger partial charge in [-0.1, -0.05) is 30.3 Å². The second-order valence-electron chi connectivity index (χ2n) is 4.67. The number of amides is 1. The van der Waals surface area contributed by atoms with Crippen molar-refractivity contribution in [3.05, 3.63) is 35.9 Å². The van der Waals surface area contributed by atoms with Gasteiger partial charge in [-0.05, 0) is 18.9 Å². The molecule has 0 bridgehead atoms. The van der Waals surface area contributed by atoms with Gasteiger partial charge in [0.1, 0.15) is 6.04 Å². The van der Waals surface area contributed by atoms with E-state index in [9.17, 15) is 14.4 Å². The number of benzene rings is 1. The molecule has 0 spiro atoms. The Morgan fingerprint density at radius 3 is 2.04 bits per heavy atom. The number of nitrogens with one attached hydrogen (secondary N) is 1. The van der Waals surface area contributed by atoms with Crippen LogP contribution in [0.5, 0.6) is 0 Å². The van der Waals surface area contributed by atoms with Gasteiger partial charge in [0.25, 0.3) is 0 Å². The summed E-state index contributed by atoms with van der Waals surface area (Å²) in [5.41, 5.74) is 6.64. The molecule has 0 saturated heterocycles. The van der Waals surface area contributed by atoms with Crippen molar-refractivity contribution in [1.29, 1.82) is 0 Å². The highest BCUT2D eigenvalue weighted by molar-refractivity contribution is 6.35. The molecule has 2 atom stereocenters. The predicted octanol–water partition coefficient (Wildman–Crippen LogP) is 1.60. The van der Waals surface area contributed by atoms with E-state index in [1.165, 1.54) is 6.92 Å². The van der Waals surface area contributed by atoms with E-state index >= 15 is 0 Å². The normalized spacial score (nSPS) is 11.8. The number of carbonyl (C=O) groups excluding carboxylic acids is 2. The summed E-state index contributed by atoms with van der Waals surface area (Å²) in [6.07, 6.45) is 0.388. The molecule has 136 valence electrons. The van der Waals surface area contributed by atoms with Gasteiger partial charge in [0.2, 0.25) is 5.91 Å². The first-order valence-electron chi connectivity index (χ1n) is 6.78. The number of carboxylic acids is 1. The van der Waals surface area contributed by atoms with Crippen LogP contribution in [0, 0.1) is 0 Å². The van der Waals surface area contributed by atoms with E-state index in [4.69, 9.17) is 34.0 Å². The lowest BCUT2D eigenvalue weighted by atomic mass is 10.1. The first-order valence-corrected chi connectivity index (χ1v) is 7.85. The van der Waals surface area contributed by atoms with E-state index in [0.29, 0.717) is 6.42 Å². The smallest absolute Gasteiger partial charge is 0.325 e. The van der Waals surface area contributed by atoms with Crippen LogP contribution in [-0.2, 0) is 20.8 Å². The van der Waals surface area contributed by atoms with E-state index in [1.54, 1.807) is 0 Å². The van der Waals surface area contributed by atoms with Gasteiger partial charge in [0, 0.05) is 0 Å². The highest BCUT2D eigenvalue weighted by Crippen LogP contribution is 2.02. The maximum absolute atomic E-state index is 11.6. The summed E-state index contributed by atoms with van der Waals surface area (Å²) in [7, 11) is 0. The lowest BCUT2D eigenvalue weighted by Crippen LogP contribution is -2.47. The Hall–Kier alpha value is -1.34. The molecule has 4 N–H and O–H groups in total. The quantitative estimate of drug-likeness (QED) is 0.603. The van der Waals surface area contributed by atoms with Crippen LogP contribution < -0.4 is 11.1 Å². The number of hydrogen-bond acceptors (Lipinski definition) is 4. The molecule has 1 aromatic carbocycles. The Labute approximate surface area is 157 Å². The van der Waals surface area contributed by atoms with Gasteiger partial charge in [-0.3, -0.25) is 14.4 Å². The highest BCUT2D eigenvalue weighted by Gasteiger charge is 2.19. The molecule has 24 heavy (non-hydrogen) atoms. The van der Waals surface area contributed by atoms with Gasteiger partial charge in [0.15, 0.2) is 5.78 Å². The van der Waals surface area contributed by atoms with Gasteiger partial charge < -0.3 is 16.2 Å². The van der Waals surface area contributed by atoms with E-state index in [0.717, 1.165) is 5.56 Å². The maximum atomic E-state index is 11.6. The van der Waals surface area contributed by atoms with E-state index in [2.05, 4.69) is 5.32 Å². The molecular formula is C15H21Cl3N2O4. The van der Waals surface area contributed by atoms with Crippen molar-refractivity contribution >= 4 is 53.3 Å². The zero-order valence-corrected chi connectivity index (χ0v) is 15.4. The van der Waals surface area contributed by atoms with Crippen molar-refractivity contribution in [3.8, 4) is 0 Å². The monoisotopic (exact) mass is 398 g/mol. The minimum absolute atomic E-state index is 0. The van der Waals surface area contributed by atoms with Crippen molar-refractivity contribution in [1.82, 2.24) is 5.32 Å². The Balaban J connectivity index is 0. The lowest BCUT2D eigenvalue weighted by Gasteiger charge is -2.14. The molecular weight excluding hydrogens is 379 g/mol. The molecule has 2 unspecified atom stereocenters. The summed E-state index contributed by atoms with van der Waals surface area (Å²) in [5, 5.41) is 11.0. The van der Waals surface area contributed by atoms with Gasteiger partial charge >= 0.3 is 5.97 Å². The molecule has 1 aromatic rings. The number of rotatable bonds is 7. The number of hydrogen-bond donors (Lipinski definition) is 3. The summed E-state index contributed by atoms with van der Waals surface area (Å²) in [4.78, 5) is 32.0. The van der Waals surface area contributed by atoms with Gasteiger partial charge in [-0.15, -0.1) is 35.6 Å². The van der Waals surface area contributed by atoms with E-state index in [1.807, 2.05) is 30.3 Å². The minimum Gasteiger partial charge on any atom is -0.480 e. The van der Waals surface area contributed by atoms with Gasteiger partial charge in [0.05, 0.1) is 17.8 Å². The molecule has 0 aliphatic rings. The lowest BCUT2D eigenvalue weighted by molar-refractivity contribution is -0.141. The molecule has 0 aliphatic heterocycles. The largest absolute Gasteiger partial charge is 0.480 e. The third-order valence-electron chi connectivity index (χ3n) is 2.66. The van der Waals surface area contributed by atoms with Gasteiger partial charge in [-0.25, -0.2) is 0 Å². The number of ketones is 1. The van der Waals surface area contributed by atoms with Crippen molar-refractivity contribution in [2.24, 2.45) is 5.73 Å². The molecule has 0 saturated carbocycles.